The monoisotopic (exact) mass is 777 g/mol. The van der Waals surface area contributed by atoms with Gasteiger partial charge < -0.3 is 39.5 Å². The summed E-state index contributed by atoms with van der Waals surface area (Å²) < 4.78 is 18.0. The summed E-state index contributed by atoms with van der Waals surface area (Å²) in [6.45, 7) is 6.82. The molecule has 5 aliphatic rings. The fraction of sp³-hybridized carbons (Fsp3) is 0.304. The summed E-state index contributed by atoms with van der Waals surface area (Å²) in [5.74, 6) is 1.42. The maximum Gasteiger partial charge on any atom is 0.260 e. The van der Waals surface area contributed by atoms with Gasteiger partial charge in [0, 0.05) is 93.8 Å². The smallest absolute Gasteiger partial charge is 0.260 e. The lowest BCUT2D eigenvalue weighted by Crippen LogP contribution is -2.44. The molecule has 5 heterocycles. The third-order valence-electron chi connectivity index (χ3n) is 11.6. The Morgan fingerprint density at radius 1 is 0.707 bits per heavy atom. The molecular formula is C46H47N7O5. The molecule has 5 aliphatic heterocycles. The molecule has 9 rings (SSSR count). The number of hydrogen-bond acceptors (Lipinski definition) is 10. The number of likely N-dealkylation sites (N-methyl/N-ethyl adjacent to an activating group) is 1. The van der Waals surface area contributed by atoms with Crippen LogP contribution < -0.4 is 24.8 Å². The van der Waals surface area contributed by atoms with Crippen molar-refractivity contribution < 1.29 is 23.8 Å². The van der Waals surface area contributed by atoms with Gasteiger partial charge in [0.25, 0.3) is 11.8 Å². The Balaban J connectivity index is 0.816. The van der Waals surface area contributed by atoms with E-state index in [1.54, 1.807) is 29.0 Å². The molecule has 1 fully saturated rings. The summed E-state index contributed by atoms with van der Waals surface area (Å²) in [7, 11) is 3.73. The van der Waals surface area contributed by atoms with Crippen molar-refractivity contribution in [2.24, 2.45) is 9.98 Å². The van der Waals surface area contributed by atoms with Crippen LogP contribution >= 0.6 is 0 Å². The predicted molar refractivity (Wildman–Crippen MR) is 228 cm³/mol. The number of methoxy groups -OCH3 is 1. The maximum absolute atomic E-state index is 13.9. The summed E-state index contributed by atoms with van der Waals surface area (Å²) in [6, 6.07) is 23.2. The number of piperazine rings is 1. The Morgan fingerprint density at radius 3 is 1.95 bits per heavy atom. The molecule has 0 spiro atoms. The van der Waals surface area contributed by atoms with E-state index >= 15 is 0 Å². The van der Waals surface area contributed by atoms with Crippen molar-refractivity contribution >= 4 is 58.1 Å². The molecule has 0 saturated carbocycles. The quantitative estimate of drug-likeness (QED) is 0.133. The molecule has 2 N–H and O–H groups in total. The fourth-order valence-electron chi connectivity index (χ4n) is 8.27. The van der Waals surface area contributed by atoms with Gasteiger partial charge in [-0.2, -0.15) is 0 Å². The van der Waals surface area contributed by atoms with Crippen LogP contribution in [0.4, 0.5) is 22.7 Å². The Hall–Kier alpha value is -6.40. The third kappa shape index (κ3) is 7.20. The highest BCUT2D eigenvalue weighted by Crippen LogP contribution is 2.41. The summed E-state index contributed by atoms with van der Waals surface area (Å²) in [6.07, 6.45) is 9.50. The van der Waals surface area contributed by atoms with Crippen LogP contribution in [0.25, 0.3) is 11.1 Å². The third-order valence-corrected chi connectivity index (χ3v) is 11.6. The van der Waals surface area contributed by atoms with E-state index in [9.17, 15) is 9.59 Å². The number of aliphatic imine (C=N–C) groups is 2. The van der Waals surface area contributed by atoms with Crippen molar-refractivity contribution in [3.8, 4) is 17.2 Å². The van der Waals surface area contributed by atoms with Crippen LogP contribution in [0, 0.1) is 6.92 Å². The molecule has 0 unspecified atom stereocenters. The van der Waals surface area contributed by atoms with Gasteiger partial charge in [-0.25, -0.2) is 0 Å². The van der Waals surface area contributed by atoms with E-state index in [1.807, 2.05) is 68.2 Å². The number of anilines is 2. The van der Waals surface area contributed by atoms with E-state index in [2.05, 4.69) is 41.1 Å². The molecule has 296 valence electrons. The summed E-state index contributed by atoms with van der Waals surface area (Å²) in [5, 5.41) is 0. The van der Waals surface area contributed by atoms with Gasteiger partial charge in [-0.1, -0.05) is 24.3 Å². The summed E-state index contributed by atoms with van der Waals surface area (Å²) in [5.41, 5.74) is 15.2. The molecule has 4 aromatic rings. The lowest BCUT2D eigenvalue weighted by molar-refractivity contribution is 0.0809. The number of nitrogens with zero attached hydrogens (tertiary/aromatic N) is 6. The van der Waals surface area contributed by atoms with Crippen LogP contribution in [0.5, 0.6) is 17.2 Å². The highest BCUT2D eigenvalue weighted by molar-refractivity contribution is 6.06. The van der Waals surface area contributed by atoms with E-state index < -0.39 is 0 Å². The minimum atomic E-state index is -0.179. The minimum absolute atomic E-state index is 0.0933. The van der Waals surface area contributed by atoms with Crippen molar-refractivity contribution in [1.82, 2.24) is 14.7 Å². The van der Waals surface area contributed by atoms with Gasteiger partial charge in [-0.05, 0) is 78.2 Å². The summed E-state index contributed by atoms with van der Waals surface area (Å²) >= 11 is 0. The molecule has 0 aromatic heterocycles. The SMILES string of the molecule is COc1cc2c(cc1OCCCOc1cc3c(cc1C)C(=O)N1C=C(c4cccc(N)c4)C[C@H]1C=N3)N=C[C@@H]1CC(c3ccc(N4CCN(C)CC4)cc3)=CN1C2=O. The zero-order valence-corrected chi connectivity index (χ0v) is 33.1. The van der Waals surface area contributed by atoms with Gasteiger partial charge in [0.2, 0.25) is 0 Å². The first-order valence-electron chi connectivity index (χ1n) is 19.9. The Labute approximate surface area is 338 Å². The molecular weight excluding hydrogens is 731 g/mol. The number of carbonyl (C=O) groups excluding carboxylic acids is 2. The highest BCUT2D eigenvalue weighted by atomic mass is 16.5. The van der Waals surface area contributed by atoms with Crippen molar-refractivity contribution in [3.05, 3.63) is 113 Å². The number of benzene rings is 4. The van der Waals surface area contributed by atoms with Gasteiger partial charge in [-0.3, -0.25) is 19.6 Å². The van der Waals surface area contributed by atoms with E-state index in [4.69, 9.17) is 29.9 Å². The zero-order chi connectivity index (χ0) is 39.9. The average Bonchev–Trinajstić information content (AvgIpc) is 3.82. The van der Waals surface area contributed by atoms with Crippen LogP contribution in [-0.2, 0) is 0 Å². The minimum Gasteiger partial charge on any atom is -0.493 e. The second-order valence-electron chi connectivity index (χ2n) is 15.5. The van der Waals surface area contributed by atoms with Crippen molar-refractivity contribution in [3.63, 3.8) is 0 Å². The second kappa shape index (κ2) is 15.5. The van der Waals surface area contributed by atoms with Gasteiger partial charge in [0.05, 0.1) is 54.9 Å². The number of fused-ring (bicyclic) bond motifs is 4. The Kier molecular flexibility index (Phi) is 9.94. The van der Waals surface area contributed by atoms with E-state index in [0.29, 0.717) is 77.9 Å². The first-order valence-corrected chi connectivity index (χ1v) is 19.9. The number of aryl methyl sites for hydroxylation is 1. The number of nitrogens with two attached hydrogens (primary N) is 1. The molecule has 0 radical (unpaired) electrons. The van der Waals surface area contributed by atoms with Gasteiger partial charge in [0.15, 0.2) is 11.5 Å². The van der Waals surface area contributed by atoms with E-state index in [-0.39, 0.29) is 23.9 Å². The molecule has 2 atom stereocenters. The number of hydrogen-bond donors (Lipinski definition) is 1. The normalized spacial score (nSPS) is 19.8. The fourth-order valence-corrected chi connectivity index (χ4v) is 8.27. The lowest BCUT2D eigenvalue weighted by Gasteiger charge is -2.34. The Bertz CT molecular complexity index is 2400. The predicted octanol–water partition coefficient (Wildman–Crippen LogP) is 7.13. The van der Waals surface area contributed by atoms with Crippen molar-refractivity contribution in [2.75, 3.05) is 64.2 Å². The lowest BCUT2D eigenvalue weighted by atomic mass is 10.0. The number of ether oxygens (including phenoxy) is 3. The number of rotatable bonds is 10. The van der Waals surface area contributed by atoms with Crippen LogP contribution in [0.1, 0.15) is 56.7 Å². The molecule has 1 saturated heterocycles. The first-order chi connectivity index (χ1) is 28.2. The second-order valence-corrected chi connectivity index (χ2v) is 15.5. The molecule has 0 aliphatic carbocycles. The van der Waals surface area contributed by atoms with Crippen LogP contribution in [0.3, 0.4) is 0 Å². The van der Waals surface area contributed by atoms with Crippen LogP contribution in [-0.4, -0.2) is 105 Å². The van der Waals surface area contributed by atoms with Crippen LogP contribution in [0.2, 0.25) is 0 Å². The molecule has 2 amide bonds. The maximum atomic E-state index is 13.9. The first kappa shape index (κ1) is 37.2. The highest BCUT2D eigenvalue weighted by Gasteiger charge is 2.35. The molecule has 58 heavy (non-hydrogen) atoms. The van der Waals surface area contributed by atoms with E-state index in [0.717, 1.165) is 54.0 Å². The molecule has 4 aromatic carbocycles. The zero-order valence-electron chi connectivity index (χ0n) is 33.1. The number of nitrogen functional groups attached to an aromatic ring is 1. The molecule has 12 nitrogen and oxygen atoms in total. The van der Waals surface area contributed by atoms with Gasteiger partial charge in [-0.15, -0.1) is 0 Å². The van der Waals surface area contributed by atoms with Crippen molar-refractivity contribution in [2.45, 2.75) is 38.3 Å². The summed E-state index contributed by atoms with van der Waals surface area (Å²) in [4.78, 5) is 45.4. The number of carbonyl (C=O) groups is 2. The van der Waals surface area contributed by atoms with Crippen molar-refractivity contribution in [1.29, 1.82) is 0 Å². The largest absolute Gasteiger partial charge is 0.493 e. The van der Waals surface area contributed by atoms with Gasteiger partial charge >= 0.3 is 0 Å². The van der Waals surface area contributed by atoms with Crippen LogP contribution in [0.15, 0.2) is 95.2 Å². The average molecular weight is 778 g/mol. The van der Waals surface area contributed by atoms with Gasteiger partial charge in [0.1, 0.15) is 5.75 Å². The molecule has 0 bridgehead atoms. The number of amides is 2. The topological polar surface area (TPSA) is 126 Å². The Morgan fingerprint density at radius 2 is 1.31 bits per heavy atom. The van der Waals surface area contributed by atoms with E-state index in [1.165, 1.54) is 5.69 Å². The standard InChI is InChI=1S/C46H47N7O5/c1-29-18-38-40(48-26-37-21-33(28-53(37)45(38)54)31-6-4-7-34(47)19-31)23-42(29)57-16-5-17-58-44-24-41-39(22-43(44)56-3)46(55)52-27-32(20-36(52)25-49-41)30-8-10-35(11-9-30)51-14-12-50(2)13-15-51/h4,6-11,18-19,22-28,36-37H,5,12-17,20-21,47H2,1-3H3/t36-,37-/m0/s1. The molecule has 12 heteroatoms.